The standard InChI is InChI=1S/C26H24FN3O3/c27-23-17-19(8-10-24(23)33-22-7-4-14-28-18-22)9-11-25(31)29-21-12-15-30(16-13-21)26(32)20-5-2-1-3-6-20/h1-11,14,17-18,21H,12-13,15-16H2,(H,29,31)/b11-9+. The van der Waals surface area contributed by atoms with Gasteiger partial charge in [0.25, 0.3) is 5.91 Å². The van der Waals surface area contributed by atoms with Gasteiger partial charge in [0.15, 0.2) is 11.6 Å². The SMILES string of the molecule is O=C(/C=C/c1ccc(Oc2cccnc2)c(F)c1)NC1CCN(C(=O)c2ccccc2)CC1. The van der Waals surface area contributed by atoms with Crippen molar-refractivity contribution >= 4 is 17.9 Å². The Morgan fingerprint density at radius 3 is 2.55 bits per heavy atom. The summed E-state index contributed by atoms with van der Waals surface area (Å²) < 4.78 is 19.8. The largest absolute Gasteiger partial charge is 0.453 e. The van der Waals surface area contributed by atoms with Crippen molar-refractivity contribution in [2.45, 2.75) is 18.9 Å². The molecule has 2 amide bonds. The average Bonchev–Trinajstić information content (AvgIpc) is 2.85. The molecule has 168 valence electrons. The van der Waals surface area contributed by atoms with Crippen molar-refractivity contribution in [3.63, 3.8) is 0 Å². The molecule has 1 saturated heterocycles. The van der Waals surface area contributed by atoms with Crippen molar-refractivity contribution in [1.29, 1.82) is 0 Å². The van der Waals surface area contributed by atoms with Crippen LogP contribution in [-0.2, 0) is 4.79 Å². The molecule has 6 nitrogen and oxygen atoms in total. The molecule has 0 radical (unpaired) electrons. The molecule has 0 unspecified atom stereocenters. The van der Waals surface area contributed by atoms with Crippen molar-refractivity contribution in [2.75, 3.05) is 13.1 Å². The van der Waals surface area contributed by atoms with E-state index >= 15 is 0 Å². The minimum Gasteiger partial charge on any atom is -0.453 e. The van der Waals surface area contributed by atoms with Crippen LogP contribution < -0.4 is 10.1 Å². The fourth-order valence-electron chi connectivity index (χ4n) is 3.65. The maximum Gasteiger partial charge on any atom is 0.253 e. The number of hydrogen-bond acceptors (Lipinski definition) is 4. The number of carbonyl (C=O) groups is 2. The maximum absolute atomic E-state index is 14.3. The molecule has 0 bridgehead atoms. The van der Waals surface area contributed by atoms with Gasteiger partial charge in [-0.05, 0) is 60.9 Å². The van der Waals surface area contributed by atoms with Gasteiger partial charge in [-0.25, -0.2) is 4.39 Å². The third-order valence-corrected chi connectivity index (χ3v) is 5.39. The Labute approximate surface area is 191 Å². The molecular weight excluding hydrogens is 421 g/mol. The summed E-state index contributed by atoms with van der Waals surface area (Å²) in [5.74, 6) is -0.244. The Morgan fingerprint density at radius 1 is 1.06 bits per heavy atom. The van der Waals surface area contributed by atoms with Crippen LogP contribution in [0, 0.1) is 5.82 Å². The highest BCUT2D eigenvalue weighted by atomic mass is 19.1. The number of nitrogens with zero attached hydrogens (tertiary/aromatic N) is 2. The molecule has 1 fully saturated rings. The third-order valence-electron chi connectivity index (χ3n) is 5.39. The van der Waals surface area contributed by atoms with Crippen LogP contribution in [0.25, 0.3) is 6.08 Å². The van der Waals surface area contributed by atoms with Gasteiger partial charge in [0.05, 0.1) is 6.20 Å². The summed E-state index contributed by atoms with van der Waals surface area (Å²) in [7, 11) is 0. The molecule has 1 aliphatic rings. The van der Waals surface area contributed by atoms with Crippen LogP contribution in [0.1, 0.15) is 28.8 Å². The van der Waals surface area contributed by atoms with Crippen LogP contribution in [-0.4, -0.2) is 40.8 Å². The van der Waals surface area contributed by atoms with Crippen LogP contribution in [0.5, 0.6) is 11.5 Å². The van der Waals surface area contributed by atoms with Crippen LogP contribution in [0.4, 0.5) is 4.39 Å². The topological polar surface area (TPSA) is 71.5 Å². The van der Waals surface area contributed by atoms with Gasteiger partial charge in [-0.15, -0.1) is 0 Å². The van der Waals surface area contributed by atoms with E-state index < -0.39 is 5.82 Å². The molecule has 3 aromatic rings. The fraction of sp³-hybridized carbons (Fsp3) is 0.192. The summed E-state index contributed by atoms with van der Waals surface area (Å²) in [5, 5.41) is 2.96. The summed E-state index contributed by atoms with van der Waals surface area (Å²) in [5.41, 5.74) is 1.22. The highest BCUT2D eigenvalue weighted by Gasteiger charge is 2.24. The molecule has 4 rings (SSSR count). The highest BCUT2D eigenvalue weighted by molar-refractivity contribution is 5.94. The number of halogens is 1. The molecule has 0 saturated carbocycles. The van der Waals surface area contributed by atoms with Gasteiger partial charge in [-0.2, -0.15) is 0 Å². The fourth-order valence-corrected chi connectivity index (χ4v) is 3.65. The molecule has 7 heteroatoms. The summed E-state index contributed by atoms with van der Waals surface area (Å²) in [6, 6.07) is 17.1. The predicted molar refractivity (Wildman–Crippen MR) is 123 cm³/mol. The zero-order valence-electron chi connectivity index (χ0n) is 18.0. The lowest BCUT2D eigenvalue weighted by Gasteiger charge is -2.32. The van der Waals surface area contributed by atoms with Gasteiger partial charge in [-0.1, -0.05) is 24.3 Å². The minimum atomic E-state index is -0.531. The summed E-state index contributed by atoms with van der Waals surface area (Å²) in [6.45, 7) is 1.18. The summed E-state index contributed by atoms with van der Waals surface area (Å²) in [6.07, 6.45) is 7.42. The Morgan fingerprint density at radius 2 is 1.85 bits per heavy atom. The number of nitrogens with one attached hydrogen (secondary N) is 1. The highest BCUT2D eigenvalue weighted by Crippen LogP contribution is 2.25. The van der Waals surface area contributed by atoms with Crippen molar-refractivity contribution in [1.82, 2.24) is 15.2 Å². The average molecular weight is 445 g/mol. The predicted octanol–water partition coefficient (Wildman–Crippen LogP) is 4.45. The van der Waals surface area contributed by atoms with E-state index in [9.17, 15) is 14.0 Å². The van der Waals surface area contributed by atoms with Crippen LogP contribution >= 0.6 is 0 Å². The van der Waals surface area contributed by atoms with Gasteiger partial charge in [-0.3, -0.25) is 14.6 Å². The quantitative estimate of drug-likeness (QED) is 0.569. The lowest BCUT2D eigenvalue weighted by Crippen LogP contribution is -2.46. The molecule has 2 aromatic carbocycles. The van der Waals surface area contributed by atoms with E-state index in [0.717, 1.165) is 0 Å². The molecule has 0 aliphatic carbocycles. The maximum atomic E-state index is 14.3. The van der Waals surface area contributed by atoms with E-state index in [1.54, 1.807) is 42.6 Å². The van der Waals surface area contributed by atoms with Crippen LogP contribution in [0.2, 0.25) is 0 Å². The number of ether oxygens (including phenoxy) is 1. The number of amides is 2. The minimum absolute atomic E-state index is 0.00559. The monoisotopic (exact) mass is 445 g/mol. The van der Waals surface area contributed by atoms with Gasteiger partial charge in [0.1, 0.15) is 5.75 Å². The van der Waals surface area contributed by atoms with Gasteiger partial charge in [0.2, 0.25) is 5.91 Å². The first-order valence-electron chi connectivity index (χ1n) is 10.8. The number of aromatic nitrogens is 1. The molecule has 1 N–H and O–H groups in total. The molecule has 33 heavy (non-hydrogen) atoms. The zero-order chi connectivity index (χ0) is 23.0. The second kappa shape index (κ2) is 10.5. The van der Waals surface area contributed by atoms with Gasteiger partial charge >= 0.3 is 0 Å². The molecule has 1 aliphatic heterocycles. The number of rotatable bonds is 6. The lowest BCUT2D eigenvalue weighted by molar-refractivity contribution is -0.117. The third kappa shape index (κ3) is 6.04. The summed E-state index contributed by atoms with van der Waals surface area (Å²) >= 11 is 0. The Kier molecular flexibility index (Phi) is 7.09. The van der Waals surface area contributed by atoms with Crippen LogP contribution in [0.15, 0.2) is 79.1 Å². The van der Waals surface area contributed by atoms with E-state index in [2.05, 4.69) is 10.3 Å². The first-order chi connectivity index (χ1) is 16.1. The normalized spacial score (nSPS) is 14.3. The number of hydrogen-bond donors (Lipinski definition) is 1. The van der Waals surface area contributed by atoms with Crippen molar-refractivity contribution in [3.05, 3.63) is 96.1 Å². The molecule has 1 aromatic heterocycles. The van der Waals surface area contributed by atoms with E-state index in [1.807, 2.05) is 23.1 Å². The van der Waals surface area contributed by atoms with Crippen molar-refractivity contribution < 1.29 is 18.7 Å². The number of piperidine rings is 1. The Bertz CT molecular complexity index is 1130. The molecule has 0 atom stereocenters. The number of carbonyl (C=O) groups excluding carboxylic acids is 2. The van der Waals surface area contributed by atoms with Gasteiger partial charge < -0.3 is 15.0 Å². The van der Waals surface area contributed by atoms with Crippen LogP contribution in [0.3, 0.4) is 0 Å². The first-order valence-corrected chi connectivity index (χ1v) is 10.8. The smallest absolute Gasteiger partial charge is 0.253 e. The number of likely N-dealkylation sites (tertiary alicyclic amines) is 1. The lowest BCUT2D eigenvalue weighted by atomic mass is 10.0. The zero-order valence-corrected chi connectivity index (χ0v) is 18.0. The van der Waals surface area contributed by atoms with Gasteiger partial charge in [0, 0.05) is 37.0 Å². The van der Waals surface area contributed by atoms with Crippen molar-refractivity contribution in [3.8, 4) is 11.5 Å². The van der Waals surface area contributed by atoms with E-state index in [4.69, 9.17) is 4.74 Å². The molecule has 0 spiro atoms. The second-order valence-corrected chi connectivity index (χ2v) is 7.76. The summed E-state index contributed by atoms with van der Waals surface area (Å²) in [4.78, 5) is 30.6. The van der Waals surface area contributed by atoms with E-state index in [1.165, 1.54) is 24.4 Å². The first kappa shape index (κ1) is 22.2. The van der Waals surface area contributed by atoms with Crippen molar-refractivity contribution in [2.24, 2.45) is 0 Å². The van der Waals surface area contributed by atoms with E-state index in [-0.39, 0.29) is 23.6 Å². The second-order valence-electron chi connectivity index (χ2n) is 7.76. The molecule has 2 heterocycles. The Hall–Kier alpha value is -4.00. The van der Waals surface area contributed by atoms with E-state index in [0.29, 0.717) is 42.8 Å². The molecular formula is C26H24FN3O3. The number of benzene rings is 2. The Balaban J connectivity index is 1.26. The number of pyridine rings is 1.